The van der Waals surface area contributed by atoms with Gasteiger partial charge in [0.15, 0.2) is 9.84 Å². The number of benzene rings is 4. The molecule has 4 nitrogen and oxygen atoms in total. The zero-order chi connectivity index (χ0) is 20.7. The zero-order valence-corrected chi connectivity index (χ0v) is 17.5. The predicted molar refractivity (Wildman–Crippen MR) is 120 cm³/mol. The molecule has 0 unspecified atom stereocenters. The van der Waals surface area contributed by atoms with Gasteiger partial charge in [-0.2, -0.15) is 0 Å². The quantitative estimate of drug-likeness (QED) is 0.433. The molecule has 0 fully saturated rings. The molecule has 0 atom stereocenters. The van der Waals surface area contributed by atoms with Crippen LogP contribution in [0.5, 0.6) is 0 Å². The maximum atomic E-state index is 13.3. The first-order valence-corrected chi connectivity index (χ1v) is 11.9. The lowest BCUT2D eigenvalue weighted by Gasteiger charge is -2.31. The van der Waals surface area contributed by atoms with Crippen LogP contribution >= 0.6 is 11.8 Å². The van der Waals surface area contributed by atoms with E-state index in [0.717, 1.165) is 20.6 Å². The van der Waals surface area contributed by atoms with E-state index in [9.17, 15) is 13.2 Å². The van der Waals surface area contributed by atoms with Crippen molar-refractivity contribution in [3.8, 4) is 0 Å². The van der Waals surface area contributed by atoms with Gasteiger partial charge >= 0.3 is 0 Å². The van der Waals surface area contributed by atoms with Crippen molar-refractivity contribution in [1.82, 2.24) is 0 Å². The first-order chi connectivity index (χ1) is 14.5. The molecule has 0 N–H and O–H groups in total. The molecule has 1 heterocycles. The summed E-state index contributed by atoms with van der Waals surface area (Å²) in [6.45, 7) is 0. The summed E-state index contributed by atoms with van der Waals surface area (Å²) in [6.07, 6.45) is 0. The molecule has 4 aromatic carbocycles. The number of nitrogens with zero attached hydrogens (tertiary/aromatic N) is 1. The normalized spacial score (nSPS) is 13.0. The Morgan fingerprint density at radius 1 is 0.733 bits per heavy atom. The summed E-state index contributed by atoms with van der Waals surface area (Å²) in [5.74, 6) is -1.07. The summed E-state index contributed by atoms with van der Waals surface area (Å²) in [5, 5.41) is 1.79. The molecule has 0 spiro atoms. The first-order valence-electron chi connectivity index (χ1n) is 9.43. The fourth-order valence-corrected chi connectivity index (χ4v) is 5.91. The molecule has 148 valence electrons. The molecule has 4 aromatic rings. The molecular formula is C24H17NO3S2. The highest BCUT2D eigenvalue weighted by molar-refractivity contribution is 7.99. The SMILES string of the molecule is O=C(CS(=O)(=O)c1ccc2ccccc2c1)N1c2ccccc2Sc2ccccc21. The molecule has 0 aliphatic carbocycles. The van der Waals surface area contributed by atoms with Crippen LogP contribution in [0.2, 0.25) is 0 Å². The number of carbonyl (C=O) groups excluding carboxylic acids is 1. The van der Waals surface area contributed by atoms with E-state index in [1.165, 1.54) is 4.90 Å². The Bertz CT molecular complexity index is 1350. The third-order valence-electron chi connectivity index (χ3n) is 5.08. The van der Waals surface area contributed by atoms with Crippen molar-refractivity contribution in [3.05, 3.63) is 91.0 Å². The molecule has 5 rings (SSSR count). The maximum absolute atomic E-state index is 13.3. The van der Waals surface area contributed by atoms with Crippen LogP contribution in [0.1, 0.15) is 0 Å². The Balaban J connectivity index is 1.53. The number of fused-ring (bicyclic) bond motifs is 3. The standard InChI is InChI=1S/C24H17NO3S2/c26-24(16-30(27,28)19-14-13-17-7-1-2-8-18(17)15-19)25-20-9-3-5-11-22(20)29-23-12-6-4-10-21(23)25/h1-15H,16H2. The second-order valence-corrected chi connectivity index (χ2v) is 10.1. The average molecular weight is 432 g/mol. The Kier molecular flexibility index (Phi) is 4.60. The highest BCUT2D eigenvalue weighted by Gasteiger charge is 2.31. The van der Waals surface area contributed by atoms with E-state index in [-0.39, 0.29) is 4.90 Å². The Morgan fingerprint density at radius 3 is 1.97 bits per heavy atom. The van der Waals surface area contributed by atoms with Gasteiger partial charge in [-0.15, -0.1) is 0 Å². The van der Waals surface area contributed by atoms with Crippen LogP contribution in [0.4, 0.5) is 11.4 Å². The lowest BCUT2D eigenvalue weighted by Crippen LogP contribution is -2.33. The number of hydrogen-bond donors (Lipinski definition) is 0. The number of amides is 1. The minimum atomic E-state index is -3.80. The van der Waals surface area contributed by atoms with Crippen molar-refractivity contribution in [2.75, 3.05) is 10.7 Å². The van der Waals surface area contributed by atoms with Crippen LogP contribution in [-0.2, 0) is 14.6 Å². The van der Waals surface area contributed by atoms with Gasteiger partial charge in [0.1, 0.15) is 5.75 Å². The fraction of sp³-hybridized carbons (Fsp3) is 0.0417. The monoisotopic (exact) mass is 431 g/mol. The number of carbonyl (C=O) groups is 1. The van der Waals surface area contributed by atoms with E-state index in [2.05, 4.69) is 0 Å². The van der Waals surface area contributed by atoms with Crippen LogP contribution in [0.15, 0.2) is 106 Å². The molecule has 0 aromatic heterocycles. The number of rotatable bonds is 3. The van der Waals surface area contributed by atoms with Crippen LogP contribution in [0, 0.1) is 0 Å². The highest BCUT2D eigenvalue weighted by atomic mass is 32.2. The number of anilines is 2. The van der Waals surface area contributed by atoms with Crippen molar-refractivity contribution >= 4 is 49.7 Å². The predicted octanol–water partition coefficient (Wildman–Crippen LogP) is 5.44. The third kappa shape index (κ3) is 3.28. The van der Waals surface area contributed by atoms with Crippen molar-refractivity contribution < 1.29 is 13.2 Å². The van der Waals surface area contributed by atoms with Crippen LogP contribution in [0.25, 0.3) is 10.8 Å². The van der Waals surface area contributed by atoms with E-state index < -0.39 is 21.5 Å². The molecular weight excluding hydrogens is 414 g/mol. The first kappa shape index (κ1) is 18.9. The van der Waals surface area contributed by atoms with Crippen LogP contribution in [0.3, 0.4) is 0 Å². The molecule has 0 saturated heterocycles. The highest BCUT2D eigenvalue weighted by Crippen LogP contribution is 2.48. The van der Waals surface area contributed by atoms with Gasteiger partial charge in [-0.25, -0.2) is 8.42 Å². The smallest absolute Gasteiger partial charge is 0.247 e. The molecule has 1 aliphatic heterocycles. The van der Waals surface area contributed by atoms with Gasteiger partial charge in [-0.3, -0.25) is 9.69 Å². The van der Waals surface area contributed by atoms with Gasteiger partial charge in [0.2, 0.25) is 5.91 Å². The largest absolute Gasteiger partial charge is 0.278 e. The second kappa shape index (κ2) is 7.31. The minimum Gasteiger partial charge on any atom is -0.278 e. The second-order valence-electron chi connectivity index (χ2n) is 7.03. The van der Waals surface area contributed by atoms with Gasteiger partial charge in [-0.05, 0) is 47.2 Å². The molecule has 0 bridgehead atoms. The van der Waals surface area contributed by atoms with E-state index in [1.807, 2.05) is 72.8 Å². The zero-order valence-electron chi connectivity index (χ0n) is 15.9. The molecule has 0 radical (unpaired) electrons. The van der Waals surface area contributed by atoms with Gasteiger partial charge in [0.25, 0.3) is 0 Å². The van der Waals surface area contributed by atoms with Gasteiger partial charge in [0.05, 0.1) is 16.3 Å². The van der Waals surface area contributed by atoms with Crippen molar-refractivity contribution in [1.29, 1.82) is 0 Å². The van der Waals surface area contributed by atoms with Crippen LogP contribution in [-0.4, -0.2) is 20.1 Å². The summed E-state index contributed by atoms with van der Waals surface area (Å²) >= 11 is 1.58. The molecule has 30 heavy (non-hydrogen) atoms. The number of sulfone groups is 1. The molecule has 6 heteroatoms. The van der Waals surface area contributed by atoms with Gasteiger partial charge < -0.3 is 0 Å². The average Bonchev–Trinajstić information content (AvgIpc) is 2.76. The van der Waals surface area contributed by atoms with E-state index in [1.54, 1.807) is 30.0 Å². The lowest BCUT2D eigenvalue weighted by molar-refractivity contribution is -0.115. The summed E-state index contributed by atoms with van der Waals surface area (Å²) in [7, 11) is -3.80. The summed E-state index contributed by atoms with van der Waals surface area (Å²) in [4.78, 5) is 16.8. The molecule has 1 aliphatic rings. The number of hydrogen-bond acceptors (Lipinski definition) is 4. The molecule has 1 amide bonds. The van der Waals surface area contributed by atoms with E-state index in [0.29, 0.717) is 11.4 Å². The summed E-state index contributed by atoms with van der Waals surface area (Å²) < 4.78 is 26.2. The van der Waals surface area contributed by atoms with Crippen LogP contribution < -0.4 is 4.90 Å². The maximum Gasteiger partial charge on any atom is 0.247 e. The third-order valence-corrected chi connectivity index (χ3v) is 7.80. The summed E-state index contributed by atoms with van der Waals surface area (Å²) in [6, 6.07) is 27.6. The number of para-hydroxylation sites is 2. The molecule has 0 saturated carbocycles. The Labute approximate surface area is 179 Å². The fourth-order valence-electron chi connectivity index (χ4n) is 3.64. The van der Waals surface area contributed by atoms with Crippen molar-refractivity contribution in [2.24, 2.45) is 0 Å². The van der Waals surface area contributed by atoms with E-state index >= 15 is 0 Å². The summed E-state index contributed by atoms with van der Waals surface area (Å²) in [5.41, 5.74) is 1.42. The Morgan fingerprint density at radius 2 is 1.30 bits per heavy atom. The van der Waals surface area contributed by atoms with Crippen molar-refractivity contribution in [3.63, 3.8) is 0 Å². The lowest BCUT2D eigenvalue weighted by atomic mass is 10.1. The van der Waals surface area contributed by atoms with Crippen molar-refractivity contribution in [2.45, 2.75) is 14.7 Å². The van der Waals surface area contributed by atoms with Gasteiger partial charge in [-0.1, -0.05) is 66.4 Å². The van der Waals surface area contributed by atoms with E-state index in [4.69, 9.17) is 0 Å². The topological polar surface area (TPSA) is 54.5 Å². The Hall–Kier alpha value is -3.09. The van der Waals surface area contributed by atoms with Gasteiger partial charge in [0, 0.05) is 9.79 Å². The minimum absolute atomic E-state index is 0.155.